The Morgan fingerprint density at radius 3 is 2.38 bits per heavy atom. The molecular weight excluding hydrogens is 402 g/mol. The summed E-state index contributed by atoms with van der Waals surface area (Å²) >= 11 is 0. The number of benzene rings is 2. The molecule has 0 bridgehead atoms. The molecule has 1 N–H and O–H groups in total. The van der Waals surface area contributed by atoms with Crippen LogP contribution < -0.4 is 10.3 Å². The first-order valence-corrected chi connectivity index (χ1v) is 10.4. The fraction of sp³-hybridized carbons (Fsp3) is 0.259. The number of terminal acetylenes is 1. The van der Waals surface area contributed by atoms with Gasteiger partial charge in [0.1, 0.15) is 11.5 Å². The fourth-order valence-electron chi connectivity index (χ4n) is 3.56. The molecule has 0 spiro atoms. The predicted octanol–water partition coefficient (Wildman–Crippen LogP) is 4.99. The van der Waals surface area contributed by atoms with Gasteiger partial charge in [-0.25, -0.2) is 4.57 Å². The van der Waals surface area contributed by atoms with Gasteiger partial charge in [0.2, 0.25) is 0 Å². The van der Waals surface area contributed by atoms with E-state index in [4.69, 9.17) is 11.2 Å². The number of carbonyl (C=O) groups is 1. The van der Waals surface area contributed by atoms with Gasteiger partial charge in [-0.05, 0) is 74.9 Å². The van der Waals surface area contributed by atoms with Crippen LogP contribution in [0.5, 0.6) is 11.5 Å². The maximum absolute atomic E-state index is 12.7. The van der Waals surface area contributed by atoms with Crippen LogP contribution in [0.15, 0.2) is 53.5 Å². The molecule has 0 saturated heterocycles. The molecule has 0 aliphatic rings. The SMILES string of the molecule is C#CC(=O)n1cc(-c2cc(C(C)(C)O)ccc2Oc2c(C)cccc2C)cc(CC)c1=O. The Kier molecular flexibility index (Phi) is 6.38. The summed E-state index contributed by atoms with van der Waals surface area (Å²) in [5.74, 6) is 2.54. The first-order valence-electron chi connectivity index (χ1n) is 10.4. The van der Waals surface area contributed by atoms with Crippen LogP contribution in [0.3, 0.4) is 0 Å². The van der Waals surface area contributed by atoms with Crippen LogP contribution in [0.2, 0.25) is 0 Å². The lowest BCUT2D eigenvalue weighted by Crippen LogP contribution is -2.28. The lowest BCUT2D eigenvalue weighted by Gasteiger charge is -2.22. The third-order valence-corrected chi connectivity index (χ3v) is 5.43. The molecule has 2 aromatic carbocycles. The molecular formula is C27H27NO4. The number of rotatable bonds is 5. The molecule has 0 atom stereocenters. The summed E-state index contributed by atoms with van der Waals surface area (Å²) in [6.45, 7) is 9.16. The maximum Gasteiger partial charge on any atom is 0.309 e. The van der Waals surface area contributed by atoms with Gasteiger partial charge in [-0.3, -0.25) is 9.59 Å². The highest BCUT2D eigenvalue weighted by molar-refractivity contribution is 5.95. The van der Waals surface area contributed by atoms with Crippen molar-refractivity contribution in [2.75, 3.05) is 0 Å². The molecule has 0 radical (unpaired) electrons. The average molecular weight is 430 g/mol. The van der Waals surface area contributed by atoms with E-state index in [-0.39, 0.29) is 0 Å². The first-order chi connectivity index (χ1) is 15.1. The molecule has 164 valence electrons. The Labute approximate surface area is 188 Å². The Morgan fingerprint density at radius 1 is 1.16 bits per heavy atom. The number of aliphatic hydroxyl groups is 1. The Balaban J connectivity index is 2.30. The van der Waals surface area contributed by atoms with Crippen LogP contribution in [0.4, 0.5) is 0 Å². The van der Waals surface area contributed by atoms with Crippen LogP contribution in [0.25, 0.3) is 11.1 Å². The monoisotopic (exact) mass is 429 g/mol. The van der Waals surface area contributed by atoms with Crippen LogP contribution in [0.1, 0.15) is 47.8 Å². The zero-order chi connectivity index (χ0) is 23.6. The number of aryl methyl sites for hydroxylation is 3. The first kappa shape index (κ1) is 23.1. The minimum absolute atomic E-state index is 0.433. The van der Waals surface area contributed by atoms with Crippen LogP contribution >= 0.6 is 0 Å². The van der Waals surface area contributed by atoms with Crippen molar-refractivity contribution in [3.8, 4) is 35.0 Å². The quantitative estimate of drug-likeness (QED) is 0.581. The van der Waals surface area contributed by atoms with Crippen molar-refractivity contribution in [2.45, 2.75) is 46.6 Å². The summed E-state index contributed by atoms with van der Waals surface area (Å²) in [4.78, 5) is 24.9. The topological polar surface area (TPSA) is 68.5 Å². The summed E-state index contributed by atoms with van der Waals surface area (Å²) in [5.41, 5.74) is 2.78. The van der Waals surface area contributed by atoms with Gasteiger partial charge in [-0.2, -0.15) is 0 Å². The summed E-state index contributed by atoms with van der Waals surface area (Å²) in [5, 5.41) is 10.6. The fourth-order valence-corrected chi connectivity index (χ4v) is 3.56. The van der Waals surface area contributed by atoms with Crippen LogP contribution in [-0.2, 0) is 12.0 Å². The van der Waals surface area contributed by atoms with Gasteiger partial charge in [0.25, 0.3) is 5.56 Å². The Hall–Kier alpha value is -3.62. The number of hydrogen-bond acceptors (Lipinski definition) is 4. The van der Waals surface area contributed by atoms with Crippen molar-refractivity contribution in [3.05, 3.63) is 81.3 Å². The summed E-state index contributed by atoms with van der Waals surface area (Å²) < 4.78 is 7.28. The van der Waals surface area contributed by atoms with Gasteiger partial charge >= 0.3 is 5.91 Å². The molecule has 0 fully saturated rings. The highest BCUT2D eigenvalue weighted by Crippen LogP contribution is 2.38. The van der Waals surface area contributed by atoms with Gasteiger partial charge in [-0.1, -0.05) is 31.2 Å². The largest absolute Gasteiger partial charge is 0.456 e. The minimum atomic E-state index is -1.09. The number of ether oxygens (including phenoxy) is 1. The summed E-state index contributed by atoms with van der Waals surface area (Å²) in [7, 11) is 0. The molecule has 5 heteroatoms. The van der Waals surface area contributed by atoms with E-state index in [2.05, 4.69) is 0 Å². The van der Waals surface area contributed by atoms with E-state index >= 15 is 0 Å². The molecule has 1 heterocycles. The standard InChI is InChI=1S/C27H27NO4/c1-7-19-14-20(16-28(26(19)30)24(29)8-2)22-15-21(27(5,6)31)12-13-23(22)32-25-17(3)10-9-11-18(25)4/h2,9-16,31H,7H2,1,3-6H3. The zero-order valence-electron chi connectivity index (χ0n) is 19.0. The number of aromatic nitrogens is 1. The van der Waals surface area contributed by atoms with Crippen molar-refractivity contribution in [1.82, 2.24) is 4.57 Å². The van der Waals surface area contributed by atoms with Gasteiger partial charge in [0.15, 0.2) is 0 Å². The van der Waals surface area contributed by atoms with E-state index in [9.17, 15) is 14.7 Å². The smallest absolute Gasteiger partial charge is 0.309 e. The van der Waals surface area contributed by atoms with Crippen molar-refractivity contribution in [3.63, 3.8) is 0 Å². The van der Waals surface area contributed by atoms with E-state index < -0.39 is 17.1 Å². The number of carbonyl (C=O) groups excluding carboxylic acids is 1. The molecule has 0 unspecified atom stereocenters. The zero-order valence-corrected chi connectivity index (χ0v) is 19.0. The van der Waals surface area contributed by atoms with Gasteiger partial charge in [0.05, 0.1) is 5.60 Å². The number of para-hydroxylation sites is 1. The number of nitrogens with zero attached hydrogens (tertiary/aromatic N) is 1. The van der Waals surface area contributed by atoms with Crippen LogP contribution in [0, 0.1) is 26.2 Å². The summed E-state index contributed by atoms with van der Waals surface area (Å²) in [6, 6.07) is 13.0. The van der Waals surface area contributed by atoms with E-state index in [1.54, 1.807) is 32.0 Å². The van der Waals surface area contributed by atoms with E-state index in [1.165, 1.54) is 6.20 Å². The molecule has 32 heavy (non-hydrogen) atoms. The highest BCUT2D eigenvalue weighted by atomic mass is 16.5. The van der Waals surface area contributed by atoms with Crippen molar-refractivity contribution in [2.24, 2.45) is 0 Å². The molecule has 0 saturated carbocycles. The molecule has 1 aromatic heterocycles. The normalized spacial score (nSPS) is 11.2. The molecule has 0 aliphatic heterocycles. The van der Waals surface area contributed by atoms with E-state index in [0.29, 0.717) is 34.4 Å². The number of hydrogen-bond donors (Lipinski definition) is 1. The highest BCUT2D eigenvalue weighted by Gasteiger charge is 2.21. The second-order valence-corrected chi connectivity index (χ2v) is 8.33. The maximum atomic E-state index is 12.7. The van der Waals surface area contributed by atoms with E-state index in [1.807, 2.05) is 51.0 Å². The van der Waals surface area contributed by atoms with Gasteiger partial charge in [0, 0.05) is 22.9 Å². The Bertz CT molecular complexity index is 1270. The predicted molar refractivity (Wildman–Crippen MR) is 126 cm³/mol. The minimum Gasteiger partial charge on any atom is -0.456 e. The van der Waals surface area contributed by atoms with E-state index in [0.717, 1.165) is 21.4 Å². The second kappa shape index (κ2) is 8.86. The molecule has 0 aliphatic carbocycles. The van der Waals surface area contributed by atoms with Crippen LogP contribution in [-0.4, -0.2) is 15.6 Å². The van der Waals surface area contributed by atoms with Crippen molar-refractivity contribution >= 4 is 5.91 Å². The molecule has 0 amide bonds. The third-order valence-electron chi connectivity index (χ3n) is 5.43. The molecule has 5 nitrogen and oxygen atoms in total. The lowest BCUT2D eigenvalue weighted by atomic mass is 9.93. The average Bonchev–Trinajstić information content (AvgIpc) is 2.75. The second-order valence-electron chi connectivity index (χ2n) is 8.33. The van der Waals surface area contributed by atoms with Gasteiger partial charge < -0.3 is 9.84 Å². The lowest BCUT2D eigenvalue weighted by molar-refractivity contribution is 0.0786. The summed E-state index contributed by atoms with van der Waals surface area (Å²) in [6.07, 6.45) is 7.15. The third kappa shape index (κ3) is 4.51. The molecule has 3 aromatic rings. The number of pyridine rings is 1. The van der Waals surface area contributed by atoms with Crippen molar-refractivity contribution < 1.29 is 14.6 Å². The van der Waals surface area contributed by atoms with Crippen molar-refractivity contribution in [1.29, 1.82) is 0 Å². The molecule has 3 rings (SSSR count). The van der Waals surface area contributed by atoms with Gasteiger partial charge in [-0.15, -0.1) is 6.42 Å². The Morgan fingerprint density at radius 2 is 1.81 bits per heavy atom.